The number of aliphatic carboxylic acids is 1. The van der Waals surface area contributed by atoms with Crippen LogP contribution < -0.4 is 14.9 Å². The lowest BCUT2D eigenvalue weighted by atomic mass is 10.2. The highest BCUT2D eigenvalue weighted by Crippen LogP contribution is 2.27. The average Bonchev–Trinajstić information content (AvgIpc) is 2.54. The second-order valence-corrected chi connectivity index (χ2v) is 5.62. The summed E-state index contributed by atoms with van der Waals surface area (Å²) in [6.07, 6.45) is 1.25. The van der Waals surface area contributed by atoms with Gasteiger partial charge in [-0.05, 0) is 23.8 Å². The SMILES string of the molecule is COc1ccc(C=NC2=NNC(=O)[C@H](CC(=O)O)S2)cc1OC. The van der Waals surface area contributed by atoms with Crippen molar-refractivity contribution in [3.05, 3.63) is 23.8 Å². The highest BCUT2D eigenvalue weighted by Gasteiger charge is 2.27. The van der Waals surface area contributed by atoms with Crippen LogP contribution in [0, 0.1) is 0 Å². The number of hydrogen-bond donors (Lipinski definition) is 2. The molecule has 0 bridgehead atoms. The molecule has 0 saturated heterocycles. The minimum absolute atomic E-state index is 0.283. The Morgan fingerprint density at radius 3 is 2.83 bits per heavy atom. The Morgan fingerprint density at radius 1 is 1.43 bits per heavy atom. The second kappa shape index (κ2) is 7.63. The fourth-order valence-electron chi connectivity index (χ4n) is 1.80. The van der Waals surface area contributed by atoms with Crippen LogP contribution in [0.4, 0.5) is 0 Å². The molecule has 0 radical (unpaired) electrons. The number of amides is 1. The van der Waals surface area contributed by atoms with Crippen molar-refractivity contribution < 1.29 is 24.2 Å². The Bertz CT molecular complexity index is 674. The molecule has 8 nitrogen and oxygen atoms in total. The first-order valence-corrected chi connectivity index (χ1v) is 7.43. The van der Waals surface area contributed by atoms with Crippen LogP contribution in [-0.4, -0.2) is 47.8 Å². The summed E-state index contributed by atoms with van der Waals surface area (Å²) in [5, 5.41) is 12.1. The third-order valence-corrected chi connectivity index (χ3v) is 3.97. The minimum atomic E-state index is -1.05. The summed E-state index contributed by atoms with van der Waals surface area (Å²) in [5.41, 5.74) is 3.02. The van der Waals surface area contributed by atoms with Crippen molar-refractivity contribution in [1.29, 1.82) is 0 Å². The van der Waals surface area contributed by atoms with E-state index in [4.69, 9.17) is 14.6 Å². The van der Waals surface area contributed by atoms with E-state index in [0.29, 0.717) is 11.5 Å². The molecule has 1 atom stereocenters. The molecule has 2 rings (SSSR count). The van der Waals surface area contributed by atoms with Crippen molar-refractivity contribution in [3.8, 4) is 11.5 Å². The molecule has 1 aromatic rings. The number of methoxy groups -OCH3 is 2. The van der Waals surface area contributed by atoms with Gasteiger partial charge in [-0.2, -0.15) is 0 Å². The molecule has 1 heterocycles. The first-order valence-electron chi connectivity index (χ1n) is 6.55. The average molecular weight is 337 g/mol. The smallest absolute Gasteiger partial charge is 0.305 e. The number of aliphatic imine (C=N–C) groups is 1. The van der Waals surface area contributed by atoms with Crippen LogP contribution in [0.5, 0.6) is 11.5 Å². The predicted molar refractivity (Wildman–Crippen MR) is 86.3 cm³/mol. The van der Waals surface area contributed by atoms with Gasteiger partial charge in [0.2, 0.25) is 5.17 Å². The summed E-state index contributed by atoms with van der Waals surface area (Å²) in [6, 6.07) is 5.26. The van der Waals surface area contributed by atoms with Gasteiger partial charge in [-0.25, -0.2) is 10.4 Å². The van der Waals surface area contributed by atoms with Gasteiger partial charge in [0.1, 0.15) is 5.25 Å². The first kappa shape index (κ1) is 16.8. The molecule has 9 heteroatoms. The van der Waals surface area contributed by atoms with Gasteiger partial charge in [-0.15, -0.1) is 5.10 Å². The number of hydrazone groups is 1. The molecular formula is C14H15N3O5S. The number of carboxylic acid groups (broad SMARTS) is 1. The highest BCUT2D eigenvalue weighted by molar-refractivity contribution is 8.15. The largest absolute Gasteiger partial charge is 0.493 e. The molecule has 122 valence electrons. The number of hydrogen-bond acceptors (Lipinski definition) is 7. The van der Waals surface area contributed by atoms with Crippen molar-refractivity contribution >= 4 is 35.0 Å². The number of carbonyl (C=O) groups is 2. The van der Waals surface area contributed by atoms with Crippen LogP contribution in [0.1, 0.15) is 12.0 Å². The van der Waals surface area contributed by atoms with Gasteiger partial charge in [0.25, 0.3) is 5.91 Å². The monoisotopic (exact) mass is 337 g/mol. The number of thioether (sulfide) groups is 1. The number of nitrogens with one attached hydrogen (secondary N) is 1. The van der Waals surface area contributed by atoms with Crippen molar-refractivity contribution in [1.82, 2.24) is 5.43 Å². The van der Waals surface area contributed by atoms with Crippen molar-refractivity contribution in [2.24, 2.45) is 10.1 Å². The molecule has 23 heavy (non-hydrogen) atoms. The summed E-state index contributed by atoms with van der Waals surface area (Å²) in [5.74, 6) is -0.334. The van der Waals surface area contributed by atoms with Gasteiger partial charge in [0.15, 0.2) is 11.5 Å². The number of amidine groups is 1. The Hall–Kier alpha value is -2.55. The normalized spacial score (nSPS) is 17.6. The quantitative estimate of drug-likeness (QED) is 0.779. The van der Waals surface area contributed by atoms with Crippen molar-refractivity contribution in [2.45, 2.75) is 11.7 Å². The van der Waals surface area contributed by atoms with Gasteiger partial charge in [-0.3, -0.25) is 9.59 Å². The molecule has 2 N–H and O–H groups in total. The number of ether oxygens (including phenoxy) is 2. The molecule has 0 saturated carbocycles. The van der Waals surface area contributed by atoms with Crippen molar-refractivity contribution in [2.75, 3.05) is 14.2 Å². The standard InChI is InChI=1S/C14H15N3O5S/c1-21-9-4-3-8(5-10(9)22-2)7-15-14-17-16-13(20)11(23-14)6-12(18)19/h3-5,7,11H,6H2,1-2H3,(H,16,20)(H,18,19)/t11-/m0/s1. The fraction of sp³-hybridized carbons (Fsp3) is 0.286. The lowest BCUT2D eigenvalue weighted by Gasteiger charge is -2.16. The summed E-state index contributed by atoms with van der Waals surface area (Å²) in [4.78, 5) is 26.4. The lowest BCUT2D eigenvalue weighted by molar-refractivity contribution is -0.138. The summed E-state index contributed by atoms with van der Waals surface area (Å²) in [6.45, 7) is 0. The molecule has 1 amide bonds. The third-order valence-electron chi connectivity index (χ3n) is 2.89. The van der Waals surface area contributed by atoms with Crippen LogP contribution >= 0.6 is 11.8 Å². The predicted octanol–water partition coefficient (Wildman–Crippen LogP) is 1.10. The number of benzene rings is 1. The molecule has 0 aliphatic carbocycles. The number of carbonyl (C=O) groups excluding carboxylic acids is 1. The van der Waals surface area contributed by atoms with E-state index < -0.39 is 17.1 Å². The number of carboxylic acids is 1. The molecule has 1 aromatic carbocycles. The first-order chi connectivity index (χ1) is 11.0. The summed E-state index contributed by atoms with van der Waals surface area (Å²) >= 11 is 1.01. The van der Waals surface area contributed by atoms with Crippen LogP contribution in [0.15, 0.2) is 28.3 Å². The molecule has 0 unspecified atom stereocenters. The zero-order valence-corrected chi connectivity index (χ0v) is 13.3. The van der Waals surface area contributed by atoms with Gasteiger partial charge < -0.3 is 14.6 Å². The van der Waals surface area contributed by atoms with E-state index >= 15 is 0 Å². The van der Waals surface area contributed by atoms with E-state index in [-0.39, 0.29) is 11.6 Å². The Labute approximate surface area is 136 Å². The van der Waals surface area contributed by atoms with Gasteiger partial charge in [0, 0.05) is 6.21 Å². The van der Waals surface area contributed by atoms with E-state index in [0.717, 1.165) is 17.3 Å². The number of rotatable bonds is 5. The summed E-state index contributed by atoms with van der Waals surface area (Å²) < 4.78 is 10.3. The number of nitrogens with zero attached hydrogens (tertiary/aromatic N) is 2. The molecule has 0 spiro atoms. The lowest BCUT2D eigenvalue weighted by Crippen LogP contribution is -2.35. The van der Waals surface area contributed by atoms with Crippen LogP contribution in [0.3, 0.4) is 0 Å². The Morgan fingerprint density at radius 2 is 2.17 bits per heavy atom. The maximum Gasteiger partial charge on any atom is 0.305 e. The fourth-order valence-corrected chi connectivity index (χ4v) is 2.65. The van der Waals surface area contributed by atoms with E-state index in [2.05, 4.69) is 15.5 Å². The van der Waals surface area contributed by atoms with Crippen molar-refractivity contribution in [3.63, 3.8) is 0 Å². The molecule has 0 fully saturated rings. The molecular weight excluding hydrogens is 322 g/mol. The topological polar surface area (TPSA) is 110 Å². The van der Waals surface area contributed by atoms with E-state index in [1.54, 1.807) is 31.5 Å². The van der Waals surface area contributed by atoms with Crippen LogP contribution in [-0.2, 0) is 9.59 Å². The molecule has 0 aromatic heterocycles. The summed E-state index contributed by atoms with van der Waals surface area (Å²) in [7, 11) is 3.08. The zero-order chi connectivity index (χ0) is 16.8. The maximum atomic E-state index is 11.5. The third kappa shape index (κ3) is 4.46. The van der Waals surface area contributed by atoms with Crippen LogP contribution in [0.2, 0.25) is 0 Å². The zero-order valence-electron chi connectivity index (χ0n) is 12.5. The Balaban J connectivity index is 2.11. The van der Waals surface area contributed by atoms with Gasteiger partial charge in [0.05, 0.1) is 20.6 Å². The Kier molecular flexibility index (Phi) is 5.58. The van der Waals surface area contributed by atoms with Gasteiger partial charge >= 0.3 is 5.97 Å². The van der Waals surface area contributed by atoms with E-state index in [9.17, 15) is 9.59 Å². The highest BCUT2D eigenvalue weighted by atomic mass is 32.2. The van der Waals surface area contributed by atoms with E-state index in [1.165, 1.54) is 7.11 Å². The second-order valence-electron chi connectivity index (χ2n) is 4.45. The minimum Gasteiger partial charge on any atom is -0.493 e. The van der Waals surface area contributed by atoms with Gasteiger partial charge in [-0.1, -0.05) is 11.8 Å². The molecule has 1 aliphatic rings. The molecule has 1 aliphatic heterocycles. The van der Waals surface area contributed by atoms with E-state index in [1.807, 2.05) is 0 Å². The maximum absolute atomic E-state index is 11.5. The van der Waals surface area contributed by atoms with Crippen LogP contribution in [0.25, 0.3) is 0 Å².